The summed E-state index contributed by atoms with van der Waals surface area (Å²) in [5.74, 6) is 0.223. The Morgan fingerprint density at radius 1 is 1.10 bits per heavy atom. The number of aromatic nitrogens is 2. The summed E-state index contributed by atoms with van der Waals surface area (Å²) >= 11 is 0. The summed E-state index contributed by atoms with van der Waals surface area (Å²) in [6.45, 7) is 0.952. The van der Waals surface area contributed by atoms with Gasteiger partial charge in [0.15, 0.2) is 0 Å². The smallest absolute Gasteiger partial charge is 0.330 e. The normalized spacial score (nSPS) is 10.7. The van der Waals surface area contributed by atoms with Gasteiger partial charge in [0.2, 0.25) is 0 Å². The van der Waals surface area contributed by atoms with E-state index in [1.165, 1.54) is 11.6 Å². The highest BCUT2D eigenvalue weighted by atomic mass is 16.3. The van der Waals surface area contributed by atoms with Gasteiger partial charge in [0, 0.05) is 38.9 Å². The first-order valence-electron chi connectivity index (χ1n) is 6.23. The lowest BCUT2D eigenvalue weighted by Crippen LogP contribution is -2.39. The van der Waals surface area contributed by atoms with Gasteiger partial charge in [-0.3, -0.25) is 9.36 Å². The molecule has 0 unspecified atom stereocenters. The first-order valence-corrected chi connectivity index (χ1v) is 6.23. The van der Waals surface area contributed by atoms with Crippen molar-refractivity contribution in [1.82, 2.24) is 14.5 Å². The summed E-state index contributed by atoms with van der Waals surface area (Å²) < 4.78 is 2.48. The third-order valence-electron chi connectivity index (χ3n) is 3.10. The summed E-state index contributed by atoms with van der Waals surface area (Å²) in [4.78, 5) is 23.5. The third-order valence-corrected chi connectivity index (χ3v) is 3.10. The van der Waals surface area contributed by atoms with E-state index in [0.29, 0.717) is 18.7 Å². The van der Waals surface area contributed by atoms with Gasteiger partial charge in [0.05, 0.1) is 0 Å². The molecule has 0 saturated carbocycles. The van der Waals surface area contributed by atoms with Gasteiger partial charge in [-0.1, -0.05) is 12.1 Å². The van der Waals surface area contributed by atoms with Crippen molar-refractivity contribution in [3.05, 3.63) is 62.4 Å². The second-order valence-electron chi connectivity index (χ2n) is 4.68. The maximum absolute atomic E-state index is 11.9. The number of rotatable bonds is 4. The van der Waals surface area contributed by atoms with Crippen LogP contribution in [0.5, 0.6) is 5.75 Å². The van der Waals surface area contributed by atoms with Crippen molar-refractivity contribution in [2.24, 2.45) is 14.1 Å². The minimum absolute atomic E-state index is 0.223. The maximum atomic E-state index is 11.9. The van der Waals surface area contributed by atoms with Gasteiger partial charge in [-0.2, -0.15) is 0 Å². The summed E-state index contributed by atoms with van der Waals surface area (Å²) in [6, 6.07) is 6.84. The molecular weight excluding hydrogens is 258 g/mol. The molecule has 0 aliphatic rings. The zero-order valence-corrected chi connectivity index (χ0v) is 11.5. The van der Waals surface area contributed by atoms with Crippen molar-refractivity contribution in [3.63, 3.8) is 0 Å². The lowest BCUT2D eigenvalue weighted by molar-refractivity contribution is 0.475. The van der Waals surface area contributed by atoms with Crippen LogP contribution >= 0.6 is 0 Å². The van der Waals surface area contributed by atoms with Crippen LogP contribution in [0, 0.1) is 0 Å². The maximum Gasteiger partial charge on any atom is 0.330 e. The average Bonchev–Trinajstić information content (AvgIpc) is 2.44. The number of hydrogen-bond donors (Lipinski definition) is 2. The van der Waals surface area contributed by atoms with Crippen LogP contribution < -0.4 is 16.6 Å². The van der Waals surface area contributed by atoms with Crippen molar-refractivity contribution in [2.75, 3.05) is 0 Å². The number of aryl methyl sites for hydroxylation is 1. The minimum Gasteiger partial charge on any atom is -0.508 e. The molecule has 20 heavy (non-hydrogen) atoms. The average molecular weight is 275 g/mol. The highest BCUT2D eigenvalue weighted by Crippen LogP contribution is 2.09. The number of aromatic hydroxyl groups is 1. The fourth-order valence-electron chi connectivity index (χ4n) is 1.96. The molecule has 0 bridgehead atoms. The molecule has 2 rings (SSSR count). The fourth-order valence-corrected chi connectivity index (χ4v) is 1.96. The highest BCUT2D eigenvalue weighted by Gasteiger charge is 2.06. The van der Waals surface area contributed by atoms with Crippen LogP contribution in [0.2, 0.25) is 0 Å². The molecule has 0 atom stereocenters. The van der Waals surface area contributed by atoms with Gasteiger partial charge in [-0.15, -0.1) is 0 Å². The van der Waals surface area contributed by atoms with Gasteiger partial charge >= 0.3 is 5.69 Å². The molecule has 106 valence electrons. The van der Waals surface area contributed by atoms with Crippen molar-refractivity contribution >= 4 is 0 Å². The second-order valence-corrected chi connectivity index (χ2v) is 4.68. The molecule has 1 aromatic carbocycles. The number of benzene rings is 1. The Kier molecular flexibility index (Phi) is 4.05. The Labute approximate surface area is 115 Å². The predicted octanol–water partition coefficient (Wildman–Crippen LogP) is 0.0794. The standard InChI is InChI=1S/C14H17N3O3/c1-16-9-11(13(19)17(2)14(16)20)8-15-7-10-3-5-12(18)6-4-10/h3-6,9,15,18H,7-8H2,1-2H3. The van der Waals surface area contributed by atoms with Crippen LogP contribution in [0.15, 0.2) is 40.1 Å². The number of phenolic OH excluding ortho intramolecular Hbond substituents is 1. The summed E-state index contributed by atoms with van der Waals surface area (Å²) in [7, 11) is 3.08. The molecule has 2 N–H and O–H groups in total. The van der Waals surface area contributed by atoms with E-state index in [0.717, 1.165) is 10.1 Å². The van der Waals surface area contributed by atoms with Gasteiger partial charge in [-0.25, -0.2) is 4.79 Å². The lowest BCUT2D eigenvalue weighted by Gasteiger charge is -2.08. The quantitative estimate of drug-likeness (QED) is 0.828. The summed E-state index contributed by atoms with van der Waals surface area (Å²) in [5.41, 5.74) is 0.918. The van der Waals surface area contributed by atoms with Crippen LogP contribution in [-0.2, 0) is 27.2 Å². The molecule has 1 heterocycles. The Bertz CT molecular complexity index is 714. The molecule has 1 aromatic heterocycles. The van der Waals surface area contributed by atoms with Crippen LogP contribution in [0.25, 0.3) is 0 Å². The van der Waals surface area contributed by atoms with E-state index in [9.17, 15) is 14.7 Å². The zero-order chi connectivity index (χ0) is 14.7. The fraction of sp³-hybridized carbons (Fsp3) is 0.286. The number of nitrogens with one attached hydrogen (secondary N) is 1. The summed E-state index contributed by atoms with van der Waals surface area (Å²) in [6.07, 6.45) is 1.55. The lowest BCUT2D eigenvalue weighted by atomic mass is 10.2. The van der Waals surface area contributed by atoms with E-state index in [1.807, 2.05) is 0 Å². The SMILES string of the molecule is Cn1cc(CNCc2ccc(O)cc2)c(=O)n(C)c1=O. The monoisotopic (exact) mass is 275 g/mol. The molecule has 0 amide bonds. The van der Waals surface area contributed by atoms with E-state index >= 15 is 0 Å². The highest BCUT2D eigenvalue weighted by molar-refractivity contribution is 5.25. The second kappa shape index (κ2) is 5.75. The Hall–Kier alpha value is -2.34. The van der Waals surface area contributed by atoms with E-state index in [1.54, 1.807) is 37.5 Å². The number of hydrogen-bond acceptors (Lipinski definition) is 4. The molecule has 6 nitrogen and oxygen atoms in total. The van der Waals surface area contributed by atoms with Crippen LogP contribution in [0.3, 0.4) is 0 Å². The van der Waals surface area contributed by atoms with Gasteiger partial charge < -0.3 is 15.0 Å². The van der Waals surface area contributed by atoms with Crippen molar-refractivity contribution < 1.29 is 5.11 Å². The van der Waals surface area contributed by atoms with Crippen LogP contribution in [0.4, 0.5) is 0 Å². The first-order chi connectivity index (χ1) is 9.49. The van der Waals surface area contributed by atoms with E-state index < -0.39 is 0 Å². The molecule has 0 aliphatic carbocycles. The zero-order valence-electron chi connectivity index (χ0n) is 11.5. The van der Waals surface area contributed by atoms with Crippen LogP contribution in [-0.4, -0.2) is 14.2 Å². The third kappa shape index (κ3) is 2.97. The van der Waals surface area contributed by atoms with Crippen LogP contribution in [0.1, 0.15) is 11.1 Å². The van der Waals surface area contributed by atoms with Crippen molar-refractivity contribution in [3.8, 4) is 5.75 Å². The van der Waals surface area contributed by atoms with E-state index in [2.05, 4.69) is 5.32 Å². The van der Waals surface area contributed by atoms with Gasteiger partial charge in [0.25, 0.3) is 5.56 Å². The molecule has 0 spiro atoms. The van der Waals surface area contributed by atoms with E-state index in [-0.39, 0.29) is 17.0 Å². The molecule has 0 aliphatic heterocycles. The Morgan fingerprint density at radius 3 is 2.40 bits per heavy atom. The summed E-state index contributed by atoms with van der Waals surface area (Å²) in [5, 5.41) is 12.3. The van der Waals surface area contributed by atoms with E-state index in [4.69, 9.17) is 0 Å². The molecule has 2 aromatic rings. The predicted molar refractivity (Wildman–Crippen MR) is 75.6 cm³/mol. The number of nitrogens with zero attached hydrogens (tertiary/aromatic N) is 2. The Morgan fingerprint density at radius 2 is 1.75 bits per heavy atom. The number of phenols is 1. The Balaban J connectivity index is 2.07. The molecule has 0 radical (unpaired) electrons. The minimum atomic E-state index is -0.336. The van der Waals surface area contributed by atoms with Crippen molar-refractivity contribution in [2.45, 2.75) is 13.1 Å². The largest absolute Gasteiger partial charge is 0.508 e. The first kappa shape index (κ1) is 14.1. The molecular formula is C14H17N3O3. The van der Waals surface area contributed by atoms with Crippen molar-refractivity contribution in [1.29, 1.82) is 0 Å². The topological polar surface area (TPSA) is 76.3 Å². The molecule has 0 saturated heterocycles. The van der Waals surface area contributed by atoms with Gasteiger partial charge in [-0.05, 0) is 17.7 Å². The van der Waals surface area contributed by atoms with Gasteiger partial charge in [0.1, 0.15) is 5.75 Å². The molecule has 0 fully saturated rings. The molecule has 6 heteroatoms.